The molecule has 1 N–H and O–H groups in total. The van der Waals surface area contributed by atoms with Crippen molar-refractivity contribution in [1.29, 1.82) is 0 Å². The number of carbonyl (C=O) groups is 1. The summed E-state index contributed by atoms with van der Waals surface area (Å²) in [5.74, 6) is -0.169. The van der Waals surface area contributed by atoms with E-state index >= 15 is 0 Å². The molecule has 0 aliphatic carbocycles. The zero-order valence-corrected chi connectivity index (χ0v) is 11.1. The van der Waals surface area contributed by atoms with Crippen LogP contribution in [0.3, 0.4) is 0 Å². The molecule has 1 rings (SSSR count). The maximum Gasteiger partial charge on any atom is 0.250 e. The monoisotopic (exact) mass is 339 g/mol. The van der Waals surface area contributed by atoms with Gasteiger partial charge in [0.05, 0.1) is 5.69 Å². The molecule has 1 aromatic carbocycles. The second-order valence-electron chi connectivity index (χ2n) is 2.81. The minimum atomic E-state index is -0.169. The van der Waals surface area contributed by atoms with Crippen LogP contribution in [0.1, 0.15) is 6.92 Å². The topological polar surface area (TPSA) is 38.3 Å². The number of halogens is 2. The van der Waals surface area contributed by atoms with Crippen LogP contribution < -0.4 is 5.32 Å². The van der Waals surface area contributed by atoms with Crippen LogP contribution in [0.4, 0.5) is 5.69 Å². The van der Waals surface area contributed by atoms with Gasteiger partial charge in [0.2, 0.25) is 5.91 Å². The zero-order valence-electron chi connectivity index (χ0n) is 8.22. The summed E-state index contributed by atoms with van der Waals surface area (Å²) in [6.45, 7) is 2.44. The Morgan fingerprint density at radius 2 is 2.33 bits per heavy atom. The smallest absolute Gasteiger partial charge is 0.250 e. The standard InChI is InChI=1S/C10H11ClINO2/c1-2-15-6-10(14)13-9-5-7(11)3-4-8(9)12/h3-5H,2,6H2,1H3,(H,13,14). The Hall–Kier alpha value is -0.330. The predicted octanol–water partition coefficient (Wildman–Crippen LogP) is 2.92. The molecule has 0 heterocycles. The maximum atomic E-state index is 11.4. The number of amides is 1. The summed E-state index contributed by atoms with van der Waals surface area (Å²) >= 11 is 7.95. The molecule has 0 saturated carbocycles. The summed E-state index contributed by atoms with van der Waals surface area (Å²) in [5.41, 5.74) is 0.716. The summed E-state index contributed by atoms with van der Waals surface area (Å²) in [6, 6.07) is 5.34. The van der Waals surface area contributed by atoms with Crippen LogP contribution in [0.5, 0.6) is 0 Å². The van der Waals surface area contributed by atoms with Crippen molar-refractivity contribution in [3.63, 3.8) is 0 Å². The first-order valence-corrected chi connectivity index (χ1v) is 5.91. The third-order valence-electron chi connectivity index (χ3n) is 1.64. The van der Waals surface area contributed by atoms with Gasteiger partial charge in [-0.05, 0) is 47.7 Å². The number of carbonyl (C=O) groups excluding carboxylic acids is 1. The van der Waals surface area contributed by atoms with E-state index in [2.05, 4.69) is 27.9 Å². The molecular formula is C10H11ClINO2. The summed E-state index contributed by atoms with van der Waals surface area (Å²) < 4.78 is 5.94. The first kappa shape index (κ1) is 12.7. The molecule has 1 aromatic rings. The van der Waals surface area contributed by atoms with Crippen molar-refractivity contribution >= 4 is 45.8 Å². The van der Waals surface area contributed by atoms with Crippen LogP contribution in [0.15, 0.2) is 18.2 Å². The van der Waals surface area contributed by atoms with Gasteiger partial charge in [0.1, 0.15) is 6.61 Å². The van der Waals surface area contributed by atoms with Crippen molar-refractivity contribution in [2.24, 2.45) is 0 Å². The predicted molar refractivity (Wildman–Crippen MR) is 69.3 cm³/mol. The van der Waals surface area contributed by atoms with E-state index in [4.69, 9.17) is 16.3 Å². The van der Waals surface area contributed by atoms with Crippen molar-refractivity contribution < 1.29 is 9.53 Å². The molecule has 82 valence electrons. The van der Waals surface area contributed by atoms with Crippen molar-refractivity contribution in [2.75, 3.05) is 18.5 Å². The van der Waals surface area contributed by atoms with Gasteiger partial charge in [-0.3, -0.25) is 4.79 Å². The fraction of sp³-hybridized carbons (Fsp3) is 0.300. The lowest BCUT2D eigenvalue weighted by Gasteiger charge is -2.07. The molecule has 1 amide bonds. The summed E-state index contributed by atoms with van der Waals surface area (Å²) in [6.07, 6.45) is 0. The van der Waals surface area contributed by atoms with Crippen LogP contribution in [0.25, 0.3) is 0 Å². The number of nitrogens with one attached hydrogen (secondary N) is 1. The highest BCUT2D eigenvalue weighted by molar-refractivity contribution is 14.1. The fourth-order valence-corrected chi connectivity index (χ4v) is 1.62. The number of anilines is 1. The Kier molecular flexibility index (Phi) is 5.35. The van der Waals surface area contributed by atoms with E-state index in [0.29, 0.717) is 17.3 Å². The van der Waals surface area contributed by atoms with E-state index in [0.717, 1.165) is 3.57 Å². The number of ether oxygens (including phenoxy) is 1. The van der Waals surface area contributed by atoms with Gasteiger partial charge in [-0.25, -0.2) is 0 Å². The molecule has 0 aromatic heterocycles. The van der Waals surface area contributed by atoms with Crippen LogP contribution in [0, 0.1) is 3.57 Å². The molecule has 0 aliphatic rings. The average molecular weight is 340 g/mol. The van der Waals surface area contributed by atoms with Crippen LogP contribution >= 0.6 is 34.2 Å². The fourth-order valence-electron chi connectivity index (χ4n) is 0.974. The molecule has 0 atom stereocenters. The minimum Gasteiger partial charge on any atom is -0.372 e. The number of hydrogen-bond donors (Lipinski definition) is 1. The molecule has 0 spiro atoms. The van der Waals surface area contributed by atoms with Gasteiger partial charge >= 0.3 is 0 Å². The van der Waals surface area contributed by atoms with Crippen LogP contribution in [-0.2, 0) is 9.53 Å². The lowest BCUT2D eigenvalue weighted by molar-refractivity contribution is -0.120. The first-order chi connectivity index (χ1) is 7.13. The Morgan fingerprint density at radius 3 is 3.00 bits per heavy atom. The van der Waals surface area contributed by atoms with E-state index in [9.17, 15) is 4.79 Å². The summed E-state index contributed by atoms with van der Waals surface area (Å²) in [7, 11) is 0. The van der Waals surface area contributed by atoms with E-state index < -0.39 is 0 Å². The second kappa shape index (κ2) is 6.30. The highest BCUT2D eigenvalue weighted by Crippen LogP contribution is 2.22. The Bertz CT molecular complexity index is 357. The lowest BCUT2D eigenvalue weighted by atomic mass is 10.3. The largest absolute Gasteiger partial charge is 0.372 e. The Labute approximate surface area is 107 Å². The SMILES string of the molecule is CCOCC(=O)Nc1cc(Cl)ccc1I. The minimum absolute atomic E-state index is 0.0685. The summed E-state index contributed by atoms with van der Waals surface area (Å²) in [4.78, 5) is 11.4. The average Bonchev–Trinajstić information content (AvgIpc) is 2.20. The third-order valence-corrected chi connectivity index (χ3v) is 2.82. The molecule has 5 heteroatoms. The highest BCUT2D eigenvalue weighted by atomic mass is 127. The molecule has 15 heavy (non-hydrogen) atoms. The van der Waals surface area contributed by atoms with E-state index in [1.807, 2.05) is 13.0 Å². The van der Waals surface area contributed by atoms with E-state index in [-0.39, 0.29) is 12.5 Å². The zero-order chi connectivity index (χ0) is 11.3. The highest BCUT2D eigenvalue weighted by Gasteiger charge is 2.05. The molecule has 0 aliphatic heterocycles. The molecule has 0 unspecified atom stereocenters. The van der Waals surface area contributed by atoms with Crippen molar-refractivity contribution in [1.82, 2.24) is 0 Å². The molecular weight excluding hydrogens is 328 g/mol. The van der Waals surface area contributed by atoms with Gasteiger partial charge in [-0.1, -0.05) is 11.6 Å². The molecule has 0 saturated heterocycles. The van der Waals surface area contributed by atoms with Crippen LogP contribution in [0.2, 0.25) is 5.02 Å². The lowest BCUT2D eigenvalue weighted by Crippen LogP contribution is -2.18. The van der Waals surface area contributed by atoms with Gasteiger partial charge in [0, 0.05) is 15.2 Å². The van der Waals surface area contributed by atoms with Gasteiger partial charge in [-0.2, -0.15) is 0 Å². The van der Waals surface area contributed by atoms with E-state index in [1.54, 1.807) is 12.1 Å². The van der Waals surface area contributed by atoms with Crippen molar-refractivity contribution in [3.05, 3.63) is 26.8 Å². The van der Waals surface area contributed by atoms with E-state index in [1.165, 1.54) is 0 Å². The second-order valence-corrected chi connectivity index (χ2v) is 4.41. The third kappa shape index (κ3) is 4.36. The van der Waals surface area contributed by atoms with Gasteiger partial charge < -0.3 is 10.1 Å². The van der Waals surface area contributed by atoms with Gasteiger partial charge in [-0.15, -0.1) is 0 Å². The number of benzene rings is 1. The van der Waals surface area contributed by atoms with Crippen LogP contribution in [-0.4, -0.2) is 19.1 Å². The maximum absolute atomic E-state index is 11.4. The number of hydrogen-bond acceptors (Lipinski definition) is 2. The molecule has 3 nitrogen and oxygen atoms in total. The number of rotatable bonds is 4. The van der Waals surface area contributed by atoms with Gasteiger partial charge in [0.15, 0.2) is 0 Å². The van der Waals surface area contributed by atoms with Crippen molar-refractivity contribution in [2.45, 2.75) is 6.92 Å². The molecule has 0 bridgehead atoms. The Balaban J connectivity index is 2.63. The first-order valence-electron chi connectivity index (χ1n) is 4.46. The quantitative estimate of drug-likeness (QED) is 0.857. The normalized spacial score (nSPS) is 10.1. The molecule has 0 fully saturated rings. The van der Waals surface area contributed by atoms with Crippen molar-refractivity contribution in [3.8, 4) is 0 Å². The molecule has 0 radical (unpaired) electrons. The summed E-state index contributed by atoms with van der Waals surface area (Å²) in [5, 5.41) is 3.33. The Morgan fingerprint density at radius 1 is 1.60 bits per heavy atom. The van der Waals surface area contributed by atoms with Gasteiger partial charge in [0.25, 0.3) is 0 Å².